The molecule has 4 aromatic rings. The highest BCUT2D eigenvalue weighted by Gasteiger charge is 2.07. The molecular formula is C23H18N2O2. The molecule has 4 rings (SSSR count). The number of hydrogen-bond acceptors (Lipinski definition) is 2. The van der Waals surface area contributed by atoms with E-state index in [0.717, 1.165) is 22.3 Å². The largest absolute Gasteiger partial charge is 0.338 e. The number of anilines is 1. The fraction of sp³-hybridized carbons (Fsp3) is 0.0435. The van der Waals surface area contributed by atoms with Gasteiger partial charge in [-0.3, -0.25) is 9.59 Å². The molecule has 0 atom stereocenters. The Morgan fingerprint density at radius 3 is 2.22 bits per heavy atom. The molecule has 0 unspecified atom stereocenters. The van der Waals surface area contributed by atoms with Gasteiger partial charge in [0.2, 0.25) is 5.91 Å². The van der Waals surface area contributed by atoms with Crippen molar-refractivity contribution in [3.63, 3.8) is 0 Å². The summed E-state index contributed by atoms with van der Waals surface area (Å²) in [6.45, 7) is 0.140. The molecule has 1 aromatic heterocycles. The van der Waals surface area contributed by atoms with E-state index in [0.29, 0.717) is 5.39 Å². The summed E-state index contributed by atoms with van der Waals surface area (Å²) in [6, 6.07) is 26.6. The minimum Gasteiger partial charge on any atom is -0.338 e. The molecule has 0 spiro atoms. The second-order valence-electron chi connectivity index (χ2n) is 6.32. The summed E-state index contributed by atoms with van der Waals surface area (Å²) in [5, 5.41) is 3.52. The van der Waals surface area contributed by atoms with Gasteiger partial charge in [0.1, 0.15) is 6.54 Å². The Morgan fingerprint density at radius 2 is 1.44 bits per heavy atom. The quantitative estimate of drug-likeness (QED) is 0.594. The number of amides is 1. The highest BCUT2D eigenvalue weighted by Crippen LogP contribution is 2.21. The second kappa shape index (κ2) is 7.30. The Kier molecular flexibility index (Phi) is 4.54. The Morgan fingerprint density at radius 1 is 0.778 bits per heavy atom. The first-order valence-electron chi connectivity index (χ1n) is 8.74. The molecular weight excluding hydrogens is 336 g/mol. The van der Waals surface area contributed by atoms with Gasteiger partial charge in [-0.1, -0.05) is 54.6 Å². The van der Waals surface area contributed by atoms with E-state index < -0.39 is 0 Å². The third-order valence-corrected chi connectivity index (χ3v) is 4.47. The molecule has 27 heavy (non-hydrogen) atoms. The van der Waals surface area contributed by atoms with Gasteiger partial charge in [0.25, 0.3) is 0 Å². The van der Waals surface area contributed by atoms with E-state index in [4.69, 9.17) is 0 Å². The number of fused-ring (bicyclic) bond motifs is 1. The highest BCUT2D eigenvalue weighted by molar-refractivity contribution is 5.92. The third kappa shape index (κ3) is 3.65. The molecule has 0 saturated heterocycles. The Hall–Kier alpha value is -3.66. The SMILES string of the molecule is O=C(Cn1ccc(=O)c2ccccc21)Nc1ccc(-c2ccccc2)cc1. The maximum Gasteiger partial charge on any atom is 0.244 e. The number of benzene rings is 3. The van der Waals surface area contributed by atoms with Crippen LogP contribution in [0.5, 0.6) is 0 Å². The number of pyridine rings is 1. The zero-order valence-electron chi connectivity index (χ0n) is 14.6. The van der Waals surface area contributed by atoms with Gasteiger partial charge in [-0.25, -0.2) is 0 Å². The Bertz CT molecular complexity index is 1150. The van der Waals surface area contributed by atoms with E-state index in [1.54, 1.807) is 16.8 Å². The van der Waals surface area contributed by atoms with Crippen molar-refractivity contribution in [2.75, 3.05) is 5.32 Å². The molecule has 0 aliphatic heterocycles. The molecule has 0 radical (unpaired) electrons. The zero-order chi connectivity index (χ0) is 18.6. The van der Waals surface area contributed by atoms with Crippen LogP contribution in [0.15, 0.2) is 95.9 Å². The van der Waals surface area contributed by atoms with Crippen LogP contribution in [-0.2, 0) is 11.3 Å². The number of nitrogens with zero attached hydrogens (tertiary/aromatic N) is 1. The van der Waals surface area contributed by atoms with Crippen molar-refractivity contribution >= 4 is 22.5 Å². The minimum atomic E-state index is -0.142. The van der Waals surface area contributed by atoms with Crippen LogP contribution in [0.2, 0.25) is 0 Å². The summed E-state index contributed by atoms with van der Waals surface area (Å²) in [7, 11) is 0. The lowest BCUT2D eigenvalue weighted by Crippen LogP contribution is -2.20. The maximum absolute atomic E-state index is 12.5. The summed E-state index contributed by atoms with van der Waals surface area (Å²) >= 11 is 0. The van der Waals surface area contributed by atoms with E-state index in [1.165, 1.54) is 6.07 Å². The lowest BCUT2D eigenvalue weighted by Gasteiger charge is -2.11. The molecule has 0 bridgehead atoms. The summed E-state index contributed by atoms with van der Waals surface area (Å²) in [5.74, 6) is -0.142. The maximum atomic E-state index is 12.5. The van der Waals surface area contributed by atoms with Crippen LogP contribution in [0.25, 0.3) is 22.0 Å². The van der Waals surface area contributed by atoms with Crippen molar-refractivity contribution in [2.45, 2.75) is 6.54 Å². The molecule has 1 heterocycles. The predicted molar refractivity (Wildman–Crippen MR) is 109 cm³/mol. The van der Waals surface area contributed by atoms with Gasteiger partial charge in [0, 0.05) is 23.3 Å². The molecule has 0 saturated carbocycles. The predicted octanol–water partition coefficient (Wildman–Crippen LogP) is 4.31. The first-order chi connectivity index (χ1) is 13.2. The van der Waals surface area contributed by atoms with Gasteiger partial charge < -0.3 is 9.88 Å². The second-order valence-corrected chi connectivity index (χ2v) is 6.32. The number of carbonyl (C=O) groups excluding carboxylic acids is 1. The molecule has 3 aromatic carbocycles. The van der Waals surface area contributed by atoms with Gasteiger partial charge in [-0.05, 0) is 35.4 Å². The Balaban J connectivity index is 1.50. The number of para-hydroxylation sites is 1. The van der Waals surface area contributed by atoms with Gasteiger partial charge in [-0.2, -0.15) is 0 Å². The lowest BCUT2D eigenvalue weighted by atomic mass is 10.1. The third-order valence-electron chi connectivity index (χ3n) is 4.47. The number of nitrogens with one attached hydrogen (secondary N) is 1. The molecule has 132 valence electrons. The summed E-state index contributed by atoms with van der Waals surface area (Å²) < 4.78 is 1.78. The van der Waals surface area contributed by atoms with Crippen molar-refractivity contribution in [2.24, 2.45) is 0 Å². The van der Waals surface area contributed by atoms with E-state index in [1.807, 2.05) is 60.7 Å². The lowest BCUT2D eigenvalue weighted by molar-refractivity contribution is -0.116. The first-order valence-corrected chi connectivity index (χ1v) is 8.74. The van der Waals surface area contributed by atoms with Crippen molar-refractivity contribution in [3.05, 3.63) is 101 Å². The number of rotatable bonds is 4. The van der Waals surface area contributed by atoms with Crippen LogP contribution in [0.1, 0.15) is 0 Å². The van der Waals surface area contributed by atoms with E-state index in [9.17, 15) is 9.59 Å². The highest BCUT2D eigenvalue weighted by atomic mass is 16.2. The van der Waals surface area contributed by atoms with Crippen molar-refractivity contribution < 1.29 is 4.79 Å². The van der Waals surface area contributed by atoms with Crippen LogP contribution in [0, 0.1) is 0 Å². The van der Waals surface area contributed by atoms with Crippen LogP contribution in [0.3, 0.4) is 0 Å². The first kappa shape index (κ1) is 16.8. The molecule has 4 nitrogen and oxygen atoms in total. The van der Waals surface area contributed by atoms with E-state index in [-0.39, 0.29) is 17.9 Å². The Labute approximate surface area is 156 Å². The van der Waals surface area contributed by atoms with Crippen LogP contribution < -0.4 is 10.7 Å². The van der Waals surface area contributed by atoms with E-state index >= 15 is 0 Å². The molecule has 4 heteroatoms. The van der Waals surface area contributed by atoms with Crippen molar-refractivity contribution in [3.8, 4) is 11.1 Å². The number of carbonyl (C=O) groups is 1. The van der Waals surface area contributed by atoms with Crippen molar-refractivity contribution in [1.29, 1.82) is 0 Å². The standard InChI is InChI=1S/C23H18N2O2/c26-22-14-15-25(21-9-5-4-8-20(21)22)16-23(27)24-19-12-10-18(11-13-19)17-6-2-1-3-7-17/h1-15H,16H2,(H,24,27). The van der Waals surface area contributed by atoms with Gasteiger partial charge >= 0.3 is 0 Å². The molecule has 0 aliphatic rings. The van der Waals surface area contributed by atoms with Gasteiger partial charge in [-0.15, -0.1) is 0 Å². The fourth-order valence-corrected chi connectivity index (χ4v) is 3.13. The van der Waals surface area contributed by atoms with Gasteiger partial charge in [0.15, 0.2) is 5.43 Å². The zero-order valence-corrected chi connectivity index (χ0v) is 14.6. The summed E-state index contributed by atoms with van der Waals surface area (Å²) in [4.78, 5) is 24.4. The van der Waals surface area contributed by atoms with E-state index in [2.05, 4.69) is 17.4 Å². The molecule has 0 fully saturated rings. The van der Waals surface area contributed by atoms with Crippen LogP contribution in [-0.4, -0.2) is 10.5 Å². The molecule has 1 amide bonds. The molecule has 1 N–H and O–H groups in total. The summed E-state index contributed by atoms with van der Waals surface area (Å²) in [5.41, 5.74) is 3.68. The normalized spacial score (nSPS) is 10.7. The average molecular weight is 354 g/mol. The van der Waals surface area contributed by atoms with Gasteiger partial charge in [0.05, 0.1) is 5.52 Å². The smallest absolute Gasteiger partial charge is 0.244 e. The fourth-order valence-electron chi connectivity index (χ4n) is 3.13. The van der Waals surface area contributed by atoms with Crippen molar-refractivity contribution in [1.82, 2.24) is 4.57 Å². The van der Waals surface area contributed by atoms with Crippen LogP contribution in [0.4, 0.5) is 5.69 Å². The number of aromatic nitrogens is 1. The topological polar surface area (TPSA) is 51.1 Å². The average Bonchev–Trinajstić information content (AvgIpc) is 2.71. The van der Waals surface area contributed by atoms with Crippen LogP contribution >= 0.6 is 0 Å². The number of hydrogen-bond donors (Lipinski definition) is 1. The molecule has 0 aliphatic carbocycles. The minimum absolute atomic E-state index is 0.0428. The monoisotopic (exact) mass is 354 g/mol. The summed E-state index contributed by atoms with van der Waals surface area (Å²) in [6.07, 6.45) is 1.66.